The molecule has 1 unspecified atom stereocenters. The molecule has 1 aliphatic heterocycles. The summed E-state index contributed by atoms with van der Waals surface area (Å²) in [7, 11) is 0. The molecule has 2 rings (SSSR count). The zero-order valence-corrected chi connectivity index (χ0v) is 11.5. The normalized spacial score (nSPS) is 21.1. The third-order valence-electron chi connectivity index (χ3n) is 4.10. The maximum absolute atomic E-state index is 9.39. The first-order valence-corrected chi connectivity index (χ1v) is 7.01. The zero-order valence-electron chi connectivity index (χ0n) is 11.5. The van der Waals surface area contributed by atoms with Gasteiger partial charge in [-0.15, -0.1) is 0 Å². The van der Waals surface area contributed by atoms with Crippen LogP contribution in [0.3, 0.4) is 0 Å². The second-order valence-electron chi connectivity index (χ2n) is 5.58. The molecule has 3 nitrogen and oxygen atoms in total. The first-order valence-electron chi connectivity index (χ1n) is 7.01. The molecule has 2 heterocycles. The molecule has 1 aromatic rings. The van der Waals surface area contributed by atoms with E-state index in [4.69, 9.17) is 0 Å². The Morgan fingerprint density at radius 2 is 2.22 bits per heavy atom. The minimum absolute atomic E-state index is 0.0767. The standard InChI is InChI=1S/C15H24N2O/c1-12(2)13-4-3-8-17(9-6-13)15-5-7-16-10-14(15)11-18/h5,7,10,12-13,18H,3-4,6,8-9,11H2,1-2H3. The number of aliphatic hydroxyl groups is 1. The van der Waals surface area contributed by atoms with Gasteiger partial charge in [0.1, 0.15) is 0 Å². The molecule has 1 fully saturated rings. The van der Waals surface area contributed by atoms with Crippen LogP contribution in [0.5, 0.6) is 0 Å². The van der Waals surface area contributed by atoms with E-state index in [1.165, 1.54) is 19.3 Å². The topological polar surface area (TPSA) is 36.4 Å². The molecule has 0 radical (unpaired) electrons. The molecule has 0 saturated carbocycles. The third kappa shape index (κ3) is 3.02. The van der Waals surface area contributed by atoms with Crippen molar-refractivity contribution in [3.8, 4) is 0 Å². The van der Waals surface area contributed by atoms with Crippen molar-refractivity contribution in [3.05, 3.63) is 24.0 Å². The third-order valence-corrected chi connectivity index (χ3v) is 4.10. The van der Waals surface area contributed by atoms with Crippen LogP contribution < -0.4 is 4.90 Å². The predicted octanol–water partition coefficient (Wildman–Crippen LogP) is 2.84. The Kier molecular flexibility index (Phi) is 4.59. The first-order chi connectivity index (χ1) is 8.72. The SMILES string of the molecule is CC(C)C1CCCN(c2ccncc2CO)CC1. The fraction of sp³-hybridized carbons (Fsp3) is 0.667. The lowest BCUT2D eigenvalue weighted by atomic mass is 9.89. The van der Waals surface area contributed by atoms with Crippen LogP contribution in [-0.2, 0) is 6.61 Å². The predicted molar refractivity (Wildman–Crippen MR) is 74.6 cm³/mol. The summed E-state index contributed by atoms with van der Waals surface area (Å²) in [5.41, 5.74) is 2.11. The van der Waals surface area contributed by atoms with Gasteiger partial charge >= 0.3 is 0 Å². The first kappa shape index (κ1) is 13.3. The minimum Gasteiger partial charge on any atom is -0.392 e. The molecule has 0 amide bonds. The minimum atomic E-state index is 0.0767. The van der Waals surface area contributed by atoms with E-state index in [2.05, 4.69) is 23.7 Å². The highest BCUT2D eigenvalue weighted by Crippen LogP contribution is 2.28. The van der Waals surface area contributed by atoms with Crippen molar-refractivity contribution in [3.63, 3.8) is 0 Å². The molecular formula is C15H24N2O. The Hall–Kier alpha value is -1.09. The molecule has 0 aliphatic carbocycles. The van der Waals surface area contributed by atoms with Crippen LogP contribution in [0.1, 0.15) is 38.7 Å². The molecule has 0 spiro atoms. The second kappa shape index (κ2) is 6.19. The van der Waals surface area contributed by atoms with E-state index >= 15 is 0 Å². The van der Waals surface area contributed by atoms with E-state index in [-0.39, 0.29) is 6.61 Å². The van der Waals surface area contributed by atoms with Gasteiger partial charge in [0.25, 0.3) is 0 Å². The maximum atomic E-state index is 9.39. The molecule has 1 atom stereocenters. The van der Waals surface area contributed by atoms with Crippen molar-refractivity contribution in [1.29, 1.82) is 0 Å². The molecule has 1 N–H and O–H groups in total. The number of nitrogens with zero attached hydrogens (tertiary/aromatic N) is 2. The molecule has 3 heteroatoms. The summed E-state index contributed by atoms with van der Waals surface area (Å²) >= 11 is 0. The number of pyridine rings is 1. The summed E-state index contributed by atoms with van der Waals surface area (Å²) < 4.78 is 0. The van der Waals surface area contributed by atoms with Crippen molar-refractivity contribution < 1.29 is 5.11 Å². The van der Waals surface area contributed by atoms with E-state index in [1.807, 2.05) is 12.3 Å². The fourth-order valence-electron chi connectivity index (χ4n) is 2.88. The molecule has 0 bridgehead atoms. The Labute approximate surface area is 110 Å². The van der Waals surface area contributed by atoms with Crippen LogP contribution in [0.2, 0.25) is 0 Å². The molecule has 1 saturated heterocycles. The van der Waals surface area contributed by atoms with Gasteiger partial charge in [0, 0.05) is 36.7 Å². The Bertz CT molecular complexity index is 379. The summed E-state index contributed by atoms with van der Waals surface area (Å²) in [5, 5.41) is 9.39. The molecule has 0 aromatic carbocycles. The van der Waals surface area contributed by atoms with Gasteiger partial charge in [0.15, 0.2) is 0 Å². The Balaban J connectivity index is 2.10. The summed E-state index contributed by atoms with van der Waals surface area (Å²) in [6.07, 6.45) is 7.42. The quantitative estimate of drug-likeness (QED) is 0.893. The van der Waals surface area contributed by atoms with E-state index in [9.17, 15) is 5.11 Å². The van der Waals surface area contributed by atoms with Gasteiger partial charge in [-0.1, -0.05) is 13.8 Å². The van der Waals surface area contributed by atoms with E-state index < -0.39 is 0 Å². The zero-order chi connectivity index (χ0) is 13.0. The summed E-state index contributed by atoms with van der Waals surface area (Å²) in [6, 6.07) is 2.03. The van der Waals surface area contributed by atoms with Crippen molar-refractivity contribution in [2.45, 2.75) is 39.7 Å². The summed E-state index contributed by atoms with van der Waals surface area (Å²) in [5.74, 6) is 1.62. The average molecular weight is 248 g/mol. The van der Waals surface area contributed by atoms with Gasteiger partial charge in [-0.2, -0.15) is 0 Å². The molecule has 1 aromatic heterocycles. The van der Waals surface area contributed by atoms with Crippen molar-refractivity contribution >= 4 is 5.69 Å². The number of rotatable bonds is 3. The van der Waals surface area contributed by atoms with Crippen LogP contribution in [-0.4, -0.2) is 23.2 Å². The van der Waals surface area contributed by atoms with Crippen molar-refractivity contribution in [1.82, 2.24) is 4.98 Å². The average Bonchev–Trinajstić information content (AvgIpc) is 2.64. The van der Waals surface area contributed by atoms with Gasteiger partial charge < -0.3 is 10.0 Å². The van der Waals surface area contributed by atoms with E-state index in [0.717, 1.165) is 36.2 Å². The second-order valence-corrected chi connectivity index (χ2v) is 5.58. The number of aliphatic hydroxyl groups excluding tert-OH is 1. The number of hydrogen-bond acceptors (Lipinski definition) is 3. The van der Waals surface area contributed by atoms with Crippen LogP contribution in [0, 0.1) is 11.8 Å². The number of anilines is 1. The highest BCUT2D eigenvalue weighted by Gasteiger charge is 2.20. The van der Waals surface area contributed by atoms with Crippen LogP contribution in [0.25, 0.3) is 0 Å². The van der Waals surface area contributed by atoms with Crippen LogP contribution in [0.4, 0.5) is 5.69 Å². The number of aromatic nitrogens is 1. The van der Waals surface area contributed by atoms with Gasteiger partial charge in [-0.25, -0.2) is 0 Å². The highest BCUT2D eigenvalue weighted by molar-refractivity contribution is 5.52. The molecule has 18 heavy (non-hydrogen) atoms. The summed E-state index contributed by atoms with van der Waals surface area (Å²) in [6.45, 7) is 6.92. The lowest BCUT2D eigenvalue weighted by Crippen LogP contribution is -2.25. The Morgan fingerprint density at radius 3 is 2.94 bits per heavy atom. The summed E-state index contributed by atoms with van der Waals surface area (Å²) in [4.78, 5) is 6.50. The van der Waals surface area contributed by atoms with Gasteiger partial charge in [0.05, 0.1) is 6.61 Å². The van der Waals surface area contributed by atoms with Crippen LogP contribution in [0.15, 0.2) is 18.5 Å². The number of hydrogen-bond donors (Lipinski definition) is 1. The van der Waals surface area contributed by atoms with E-state index in [0.29, 0.717) is 0 Å². The molecule has 1 aliphatic rings. The maximum Gasteiger partial charge on any atom is 0.0717 e. The lowest BCUT2D eigenvalue weighted by Gasteiger charge is -2.25. The Morgan fingerprint density at radius 1 is 1.39 bits per heavy atom. The van der Waals surface area contributed by atoms with Gasteiger partial charge in [-0.3, -0.25) is 4.98 Å². The fourth-order valence-corrected chi connectivity index (χ4v) is 2.88. The lowest BCUT2D eigenvalue weighted by molar-refractivity contribution is 0.281. The van der Waals surface area contributed by atoms with Gasteiger partial charge in [-0.05, 0) is 37.2 Å². The molecule has 100 valence electrons. The van der Waals surface area contributed by atoms with Gasteiger partial charge in [0.2, 0.25) is 0 Å². The molecular weight excluding hydrogens is 224 g/mol. The van der Waals surface area contributed by atoms with Crippen molar-refractivity contribution in [2.75, 3.05) is 18.0 Å². The smallest absolute Gasteiger partial charge is 0.0717 e. The van der Waals surface area contributed by atoms with E-state index in [1.54, 1.807) is 6.20 Å². The van der Waals surface area contributed by atoms with Crippen LogP contribution >= 0.6 is 0 Å². The largest absolute Gasteiger partial charge is 0.392 e. The highest BCUT2D eigenvalue weighted by atomic mass is 16.3. The monoisotopic (exact) mass is 248 g/mol. The van der Waals surface area contributed by atoms with Crippen molar-refractivity contribution in [2.24, 2.45) is 11.8 Å².